The van der Waals surface area contributed by atoms with Crippen molar-refractivity contribution in [2.75, 3.05) is 17.8 Å². The van der Waals surface area contributed by atoms with Crippen molar-refractivity contribution in [1.82, 2.24) is 4.98 Å². The van der Waals surface area contributed by atoms with Crippen LogP contribution in [0.4, 0.5) is 5.13 Å². The van der Waals surface area contributed by atoms with Gasteiger partial charge in [0.1, 0.15) is 0 Å². The molecule has 10 heteroatoms. The van der Waals surface area contributed by atoms with Gasteiger partial charge in [0.2, 0.25) is 0 Å². The van der Waals surface area contributed by atoms with E-state index in [1.54, 1.807) is 6.07 Å². The number of carbonyl (C=O) groups excluding carboxylic acids is 1. The number of amides is 1. The highest BCUT2D eigenvalue weighted by molar-refractivity contribution is 7.91. The number of benzene rings is 2. The predicted octanol–water partition coefficient (Wildman–Crippen LogP) is 2.36. The third-order valence-electron chi connectivity index (χ3n) is 3.53. The third-order valence-corrected chi connectivity index (χ3v) is 6.69. The smallest absolute Gasteiger partial charge is 0.257 e. The average molecular weight is 410 g/mol. The molecule has 2 aromatic carbocycles. The number of anilines is 1. The van der Waals surface area contributed by atoms with Crippen LogP contribution in [0.25, 0.3) is 10.2 Å². The van der Waals surface area contributed by atoms with Gasteiger partial charge in [0, 0.05) is 18.1 Å². The summed E-state index contributed by atoms with van der Waals surface area (Å²) in [6.07, 6.45) is 2.18. The fourth-order valence-electron chi connectivity index (χ4n) is 2.23. The number of nitrogens with zero attached hydrogens (tertiary/aromatic N) is 1. The van der Waals surface area contributed by atoms with E-state index in [1.807, 2.05) is 0 Å². The van der Waals surface area contributed by atoms with Gasteiger partial charge in [0.05, 0.1) is 20.0 Å². The van der Waals surface area contributed by atoms with Gasteiger partial charge in [0.25, 0.3) is 5.91 Å². The number of hydrogen-bond acceptors (Lipinski definition) is 7. The largest absolute Gasteiger partial charge is 0.298 e. The number of nitrogens with one attached hydrogen (secondary N) is 1. The second kappa shape index (κ2) is 6.45. The topological polar surface area (TPSA) is 110 Å². The minimum absolute atomic E-state index is 0.0484. The van der Waals surface area contributed by atoms with Crippen LogP contribution in [0, 0.1) is 0 Å². The van der Waals surface area contributed by atoms with E-state index in [0.29, 0.717) is 15.3 Å². The van der Waals surface area contributed by atoms with Crippen molar-refractivity contribution in [2.24, 2.45) is 0 Å². The molecule has 0 aliphatic rings. The molecule has 26 heavy (non-hydrogen) atoms. The van der Waals surface area contributed by atoms with E-state index in [1.165, 1.54) is 36.4 Å². The molecule has 0 aliphatic carbocycles. The maximum atomic E-state index is 12.4. The van der Waals surface area contributed by atoms with Crippen LogP contribution in [0.2, 0.25) is 0 Å². The van der Waals surface area contributed by atoms with Crippen LogP contribution in [0.15, 0.2) is 52.3 Å². The average Bonchev–Trinajstić information content (AvgIpc) is 2.94. The van der Waals surface area contributed by atoms with Crippen molar-refractivity contribution in [2.45, 2.75) is 9.79 Å². The lowest BCUT2D eigenvalue weighted by Gasteiger charge is -2.03. The summed E-state index contributed by atoms with van der Waals surface area (Å²) in [6, 6.07) is 10.2. The standard InChI is InChI=1S/C16H14N2O5S3/c1-25(20,21)11-5-3-4-10(8-11)15(19)18-16-17-13-7-6-12(26(2,22)23)9-14(13)24-16/h3-9H,1-2H3,(H,17,18,19). The van der Waals surface area contributed by atoms with Crippen molar-refractivity contribution in [1.29, 1.82) is 0 Å². The molecule has 0 fully saturated rings. The van der Waals surface area contributed by atoms with Gasteiger partial charge in [-0.3, -0.25) is 10.1 Å². The van der Waals surface area contributed by atoms with Gasteiger partial charge in [-0.25, -0.2) is 21.8 Å². The summed E-state index contributed by atoms with van der Waals surface area (Å²) in [4.78, 5) is 16.8. The summed E-state index contributed by atoms with van der Waals surface area (Å²) in [5.41, 5.74) is 0.742. The Morgan fingerprint density at radius 2 is 1.62 bits per heavy atom. The Morgan fingerprint density at radius 3 is 2.27 bits per heavy atom. The SMILES string of the molecule is CS(=O)(=O)c1cccc(C(=O)Nc2nc3ccc(S(C)(=O)=O)cc3s2)c1. The van der Waals surface area contributed by atoms with Gasteiger partial charge in [-0.2, -0.15) is 0 Å². The van der Waals surface area contributed by atoms with Crippen LogP contribution in [-0.4, -0.2) is 40.2 Å². The molecule has 0 atom stereocenters. The third kappa shape index (κ3) is 3.92. The molecule has 1 N–H and O–H groups in total. The number of hydrogen-bond donors (Lipinski definition) is 1. The Morgan fingerprint density at radius 1 is 0.962 bits per heavy atom. The van der Waals surface area contributed by atoms with Gasteiger partial charge in [-0.05, 0) is 36.4 Å². The molecule has 3 rings (SSSR count). The number of carbonyl (C=O) groups is 1. The van der Waals surface area contributed by atoms with E-state index in [2.05, 4.69) is 10.3 Å². The molecular formula is C16H14N2O5S3. The molecule has 0 radical (unpaired) electrons. The van der Waals surface area contributed by atoms with Crippen molar-refractivity contribution in [3.05, 3.63) is 48.0 Å². The molecule has 0 saturated heterocycles. The lowest BCUT2D eigenvalue weighted by molar-refractivity contribution is 0.102. The Bertz CT molecular complexity index is 1230. The minimum Gasteiger partial charge on any atom is -0.298 e. The summed E-state index contributed by atoms with van der Waals surface area (Å²) in [6.45, 7) is 0. The van der Waals surface area contributed by atoms with Crippen molar-refractivity contribution in [3.63, 3.8) is 0 Å². The zero-order valence-corrected chi connectivity index (χ0v) is 16.2. The summed E-state index contributed by atoms with van der Waals surface area (Å²) in [5, 5.41) is 2.90. The van der Waals surface area contributed by atoms with Gasteiger partial charge in [-0.1, -0.05) is 17.4 Å². The first kappa shape index (κ1) is 18.5. The first-order chi connectivity index (χ1) is 12.0. The van der Waals surface area contributed by atoms with Crippen LogP contribution >= 0.6 is 11.3 Å². The summed E-state index contributed by atoms with van der Waals surface area (Å²) in [5.74, 6) is -0.502. The maximum absolute atomic E-state index is 12.4. The van der Waals surface area contributed by atoms with E-state index in [-0.39, 0.29) is 15.4 Å². The molecule has 0 spiro atoms. The Hall–Kier alpha value is -2.30. The monoisotopic (exact) mass is 410 g/mol. The zero-order chi connectivity index (χ0) is 19.1. The predicted molar refractivity (Wildman–Crippen MR) is 100 cm³/mol. The van der Waals surface area contributed by atoms with Crippen LogP contribution in [0.3, 0.4) is 0 Å². The van der Waals surface area contributed by atoms with Crippen LogP contribution in [-0.2, 0) is 19.7 Å². The van der Waals surface area contributed by atoms with E-state index in [9.17, 15) is 21.6 Å². The molecule has 1 aromatic heterocycles. The lowest BCUT2D eigenvalue weighted by atomic mass is 10.2. The van der Waals surface area contributed by atoms with Crippen molar-refractivity contribution < 1.29 is 21.6 Å². The number of fused-ring (bicyclic) bond motifs is 1. The number of rotatable bonds is 4. The molecule has 1 heterocycles. The van der Waals surface area contributed by atoms with E-state index in [4.69, 9.17) is 0 Å². The molecule has 0 unspecified atom stereocenters. The van der Waals surface area contributed by atoms with Crippen LogP contribution in [0.5, 0.6) is 0 Å². The minimum atomic E-state index is -3.42. The summed E-state index contributed by atoms with van der Waals surface area (Å²) < 4.78 is 47.1. The van der Waals surface area contributed by atoms with E-state index >= 15 is 0 Å². The molecule has 0 bridgehead atoms. The second-order valence-electron chi connectivity index (χ2n) is 5.67. The highest BCUT2D eigenvalue weighted by Crippen LogP contribution is 2.28. The first-order valence-electron chi connectivity index (χ1n) is 7.26. The normalized spacial score (nSPS) is 12.2. The first-order valence-corrected chi connectivity index (χ1v) is 11.9. The molecule has 0 aliphatic heterocycles. The highest BCUT2D eigenvalue weighted by Gasteiger charge is 2.15. The van der Waals surface area contributed by atoms with Gasteiger partial charge >= 0.3 is 0 Å². The highest BCUT2D eigenvalue weighted by atomic mass is 32.2. The van der Waals surface area contributed by atoms with Crippen LogP contribution in [0.1, 0.15) is 10.4 Å². The fraction of sp³-hybridized carbons (Fsp3) is 0.125. The van der Waals surface area contributed by atoms with Crippen LogP contribution < -0.4 is 5.32 Å². The fourth-order valence-corrected chi connectivity index (χ4v) is 4.52. The molecular weight excluding hydrogens is 396 g/mol. The van der Waals surface area contributed by atoms with Crippen molar-refractivity contribution in [3.8, 4) is 0 Å². The molecule has 7 nitrogen and oxygen atoms in total. The van der Waals surface area contributed by atoms with Crippen molar-refractivity contribution >= 4 is 52.3 Å². The molecule has 1 amide bonds. The number of thiazole rings is 1. The van der Waals surface area contributed by atoms with Gasteiger partial charge < -0.3 is 0 Å². The lowest BCUT2D eigenvalue weighted by Crippen LogP contribution is -2.12. The zero-order valence-electron chi connectivity index (χ0n) is 13.8. The quantitative estimate of drug-likeness (QED) is 0.707. The molecule has 0 saturated carbocycles. The molecule has 136 valence electrons. The summed E-state index contributed by atoms with van der Waals surface area (Å²) >= 11 is 1.13. The Balaban J connectivity index is 1.90. The molecule has 3 aromatic rings. The number of sulfone groups is 2. The summed E-state index contributed by atoms with van der Waals surface area (Å²) in [7, 11) is -6.76. The van der Waals surface area contributed by atoms with E-state index < -0.39 is 25.6 Å². The Kier molecular flexibility index (Phi) is 4.59. The van der Waals surface area contributed by atoms with E-state index in [0.717, 1.165) is 23.8 Å². The van der Waals surface area contributed by atoms with Gasteiger partial charge in [-0.15, -0.1) is 0 Å². The second-order valence-corrected chi connectivity index (χ2v) is 10.7. The number of aromatic nitrogens is 1. The maximum Gasteiger partial charge on any atom is 0.257 e. The van der Waals surface area contributed by atoms with Gasteiger partial charge in [0.15, 0.2) is 24.8 Å². The Labute approximate surface area is 154 Å².